The third-order valence-electron chi connectivity index (χ3n) is 2.54. The van der Waals surface area contributed by atoms with Crippen LogP contribution in [-0.2, 0) is 4.74 Å². The fourth-order valence-electron chi connectivity index (χ4n) is 1.74. The van der Waals surface area contributed by atoms with E-state index in [0.29, 0.717) is 6.61 Å². The Morgan fingerprint density at radius 3 is 2.53 bits per heavy atom. The average Bonchev–Trinajstić information content (AvgIpc) is 2.37. The standard InChI is InChI=1S/C13H21NO3/c1-5-17-13(9-14-2)11-8-10(15-3)6-7-12(11)16-4/h6-8,13-14H,5,9H2,1-4H3/t13-/m0/s1. The van der Waals surface area contributed by atoms with Crippen molar-refractivity contribution < 1.29 is 14.2 Å². The Hall–Kier alpha value is -1.26. The minimum absolute atomic E-state index is 0.0324. The summed E-state index contributed by atoms with van der Waals surface area (Å²) < 4.78 is 16.3. The van der Waals surface area contributed by atoms with Crippen molar-refractivity contribution in [2.45, 2.75) is 13.0 Å². The zero-order valence-corrected chi connectivity index (χ0v) is 10.9. The van der Waals surface area contributed by atoms with Crippen LogP contribution < -0.4 is 14.8 Å². The largest absolute Gasteiger partial charge is 0.497 e. The van der Waals surface area contributed by atoms with Crippen LogP contribution in [0.25, 0.3) is 0 Å². The van der Waals surface area contributed by atoms with Crippen molar-refractivity contribution in [2.75, 3.05) is 34.4 Å². The van der Waals surface area contributed by atoms with Crippen LogP contribution in [0.4, 0.5) is 0 Å². The highest BCUT2D eigenvalue weighted by molar-refractivity contribution is 5.41. The summed E-state index contributed by atoms with van der Waals surface area (Å²) in [5.41, 5.74) is 1.00. The lowest BCUT2D eigenvalue weighted by Gasteiger charge is -2.20. The molecule has 17 heavy (non-hydrogen) atoms. The third-order valence-corrected chi connectivity index (χ3v) is 2.54. The van der Waals surface area contributed by atoms with Crippen LogP contribution in [-0.4, -0.2) is 34.4 Å². The molecule has 0 fully saturated rings. The Balaban J connectivity index is 3.04. The summed E-state index contributed by atoms with van der Waals surface area (Å²) in [7, 11) is 5.21. The van der Waals surface area contributed by atoms with Crippen LogP contribution in [0.2, 0.25) is 0 Å². The lowest BCUT2D eigenvalue weighted by molar-refractivity contribution is 0.0618. The molecule has 1 aromatic rings. The van der Waals surface area contributed by atoms with E-state index >= 15 is 0 Å². The molecule has 0 aliphatic carbocycles. The van der Waals surface area contributed by atoms with Gasteiger partial charge in [0.05, 0.1) is 20.3 Å². The molecule has 4 nitrogen and oxygen atoms in total. The molecule has 0 aliphatic rings. The van der Waals surface area contributed by atoms with Gasteiger partial charge in [0, 0.05) is 18.7 Å². The van der Waals surface area contributed by atoms with E-state index in [0.717, 1.165) is 23.6 Å². The minimum Gasteiger partial charge on any atom is -0.497 e. The molecule has 0 radical (unpaired) electrons. The molecule has 0 saturated carbocycles. The second-order valence-corrected chi connectivity index (χ2v) is 3.61. The first kappa shape index (κ1) is 13.8. The highest BCUT2D eigenvalue weighted by Gasteiger charge is 2.16. The number of methoxy groups -OCH3 is 2. The van der Waals surface area contributed by atoms with Crippen LogP contribution in [0.3, 0.4) is 0 Å². The van der Waals surface area contributed by atoms with Gasteiger partial charge in [-0.2, -0.15) is 0 Å². The summed E-state index contributed by atoms with van der Waals surface area (Å²) in [5, 5.41) is 3.12. The van der Waals surface area contributed by atoms with Gasteiger partial charge in [-0.1, -0.05) is 0 Å². The zero-order chi connectivity index (χ0) is 12.7. The Morgan fingerprint density at radius 2 is 2.00 bits per heavy atom. The minimum atomic E-state index is -0.0324. The van der Waals surface area contributed by atoms with Crippen molar-refractivity contribution in [3.05, 3.63) is 23.8 Å². The van der Waals surface area contributed by atoms with Crippen molar-refractivity contribution in [3.63, 3.8) is 0 Å². The molecular weight excluding hydrogens is 218 g/mol. The van der Waals surface area contributed by atoms with Gasteiger partial charge in [0.15, 0.2) is 0 Å². The fraction of sp³-hybridized carbons (Fsp3) is 0.538. The summed E-state index contributed by atoms with van der Waals surface area (Å²) in [6.45, 7) is 3.37. The third kappa shape index (κ3) is 3.61. The lowest BCUT2D eigenvalue weighted by atomic mass is 10.1. The maximum Gasteiger partial charge on any atom is 0.124 e. The Bertz CT molecular complexity index is 335. The highest BCUT2D eigenvalue weighted by atomic mass is 16.5. The van der Waals surface area contributed by atoms with E-state index in [9.17, 15) is 0 Å². The van der Waals surface area contributed by atoms with Gasteiger partial charge in [-0.25, -0.2) is 0 Å². The van der Waals surface area contributed by atoms with Gasteiger partial charge in [-0.15, -0.1) is 0 Å². The molecule has 1 atom stereocenters. The second-order valence-electron chi connectivity index (χ2n) is 3.61. The molecule has 4 heteroatoms. The van der Waals surface area contributed by atoms with Gasteiger partial charge in [0.2, 0.25) is 0 Å². The van der Waals surface area contributed by atoms with E-state index in [1.165, 1.54) is 0 Å². The van der Waals surface area contributed by atoms with Crippen molar-refractivity contribution in [2.24, 2.45) is 0 Å². The maximum atomic E-state index is 5.71. The fourth-order valence-corrected chi connectivity index (χ4v) is 1.74. The van der Waals surface area contributed by atoms with E-state index < -0.39 is 0 Å². The predicted molar refractivity (Wildman–Crippen MR) is 67.8 cm³/mol. The molecule has 0 heterocycles. The zero-order valence-electron chi connectivity index (χ0n) is 10.9. The van der Waals surface area contributed by atoms with Crippen LogP contribution in [0.5, 0.6) is 11.5 Å². The van der Waals surface area contributed by atoms with Gasteiger partial charge < -0.3 is 19.5 Å². The molecule has 0 spiro atoms. The lowest BCUT2D eigenvalue weighted by Crippen LogP contribution is -2.20. The number of likely N-dealkylation sites (N-methyl/N-ethyl adjacent to an activating group) is 1. The molecule has 0 unspecified atom stereocenters. The van der Waals surface area contributed by atoms with E-state index in [4.69, 9.17) is 14.2 Å². The summed E-state index contributed by atoms with van der Waals surface area (Å²) in [6.07, 6.45) is -0.0324. The SMILES string of the molecule is CCO[C@@H](CNC)c1cc(OC)ccc1OC. The summed E-state index contributed by atoms with van der Waals surface area (Å²) >= 11 is 0. The van der Waals surface area contributed by atoms with Crippen molar-refractivity contribution >= 4 is 0 Å². The van der Waals surface area contributed by atoms with Gasteiger partial charge in [-0.3, -0.25) is 0 Å². The van der Waals surface area contributed by atoms with Crippen LogP contribution in [0, 0.1) is 0 Å². The van der Waals surface area contributed by atoms with Gasteiger partial charge in [-0.05, 0) is 32.2 Å². The molecule has 1 N–H and O–H groups in total. The Labute approximate surface area is 103 Å². The maximum absolute atomic E-state index is 5.71. The normalized spacial score (nSPS) is 12.2. The Kier molecular flexibility index (Phi) is 5.80. The van der Waals surface area contributed by atoms with Gasteiger partial charge >= 0.3 is 0 Å². The summed E-state index contributed by atoms with van der Waals surface area (Å²) in [6, 6.07) is 5.73. The monoisotopic (exact) mass is 239 g/mol. The molecule has 1 aromatic carbocycles. The van der Waals surface area contributed by atoms with Crippen LogP contribution >= 0.6 is 0 Å². The molecule has 0 amide bonds. The number of hydrogen-bond donors (Lipinski definition) is 1. The first-order valence-electron chi connectivity index (χ1n) is 5.74. The van der Waals surface area contributed by atoms with Gasteiger partial charge in [0.25, 0.3) is 0 Å². The highest BCUT2D eigenvalue weighted by Crippen LogP contribution is 2.31. The van der Waals surface area contributed by atoms with Crippen molar-refractivity contribution in [1.82, 2.24) is 5.32 Å². The smallest absolute Gasteiger partial charge is 0.124 e. The number of benzene rings is 1. The number of ether oxygens (including phenoxy) is 3. The Morgan fingerprint density at radius 1 is 1.24 bits per heavy atom. The topological polar surface area (TPSA) is 39.7 Å². The second kappa shape index (κ2) is 7.14. The summed E-state index contributed by atoms with van der Waals surface area (Å²) in [5.74, 6) is 1.63. The first-order valence-corrected chi connectivity index (χ1v) is 5.74. The number of rotatable bonds is 7. The molecule has 0 bridgehead atoms. The van der Waals surface area contributed by atoms with E-state index in [1.54, 1.807) is 14.2 Å². The quantitative estimate of drug-likeness (QED) is 0.790. The number of nitrogens with one attached hydrogen (secondary N) is 1. The molecule has 96 valence electrons. The van der Waals surface area contributed by atoms with Gasteiger partial charge in [0.1, 0.15) is 11.5 Å². The molecule has 0 aliphatic heterocycles. The van der Waals surface area contributed by atoms with E-state index in [1.807, 2.05) is 32.2 Å². The molecule has 1 rings (SSSR count). The van der Waals surface area contributed by atoms with Crippen LogP contribution in [0.15, 0.2) is 18.2 Å². The number of hydrogen-bond acceptors (Lipinski definition) is 4. The molecule has 0 saturated heterocycles. The average molecular weight is 239 g/mol. The predicted octanol–water partition coefficient (Wildman–Crippen LogP) is 2.00. The van der Waals surface area contributed by atoms with E-state index in [2.05, 4.69) is 5.32 Å². The first-order chi connectivity index (χ1) is 8.26. The van der Waals surface area contributed by atoms with Crippen LogP contribution in [0.1, 0.15) is 18.6 Å². The molecular formula is C13H21NO3. The summed E-state index contributed by atoms with van der Waals surface area (Å²) in [4.78, 5) is 0. The van der Waals surface area contributed by atoms with E-state index in [-0.39, 0.29) is 6.10 Å². The van der Waals surface area contributed by atoms with Crippen molar-refractivity contribution in [3.8, 4) is 11.5 Å². The molecule has 0 aromatic heterocycles. The van der Waals surface area contributed by atoms with Crippen molar-refractivity contribution in [1.29, 1.82) is 0 Å².